The molecule has 1 aromatic heterocycles. The third kappa shape index (κ3) is 4.92. The summed E-state index contributed by atoms with van der Waals surface area (Å²) in [4.78, 5) is 16.8. The lowest BCUT2D eigenvalue weighted by atomic mass is 10.2. The van der Waals surface area contributed by atoms with E-state index in [0.717, 1.165) is 14.5 Å². The van der Waals surface area contributed by atoms with Crippen LogP contribution in [0.25, 0.3) is 22.6 Å². The van der Waals surface area contributed by atoms with Crippen LogP contribution in [0, 0.1) is 12.7 Å². The number of anilines is 1. The quantitative estimate of drug-likeness (QED) is 0.278. The van der Waals surface area contributed by atoms with Crippen LogP contribution in [0.5, 0.6) is 5.75 Å². The van der Waals surface area contributed by atoms with Gasteiger partial charge in [0.15, 0.2) is 12.2 Å². The molecule has 0 aliphatic carbocycles. The van der Waals surface area contributed by atoms with Crippen molar-refractivity contribution >= 4 is 66.2 Å². The molecule has 9 heteroatoms. The number of carbonyl (C=O) groups excluding carboxylic acids is 1. The van der Waals surface area contributed by atoms with Crippen LogP contribution in [0.3, 0.4) is 0 Å². The first-order valence-electron chi connectivity index (χ1n) is 9.04. The average Bonchev–Trinajstić information content (AvgIpc) is 3.10. The standard InChI is InChI=1S/C22H14Br2ClFN2O3/c1-11-6-12(23)7-16(24)21(11)30-10-20(29)27-14-3-5-19-18(9-14)28-22(31-19)15-4-2-13(26)8-17(15)25/h2-9H,10H2,1H3,(H,27,29). The normalized spacial score (nSPS) is 11.0. The van der Waals surface area contributed by atoms with Crippen LogP contribution in [0.2, 0.25) is 5.02 Å². The lowest BCUT2D eigenvalue weighted by Gasteiger charge is -2.12. The number of nitrogens with one attached hydrogen (secondary N) is 1. The van der Waals surface area contributed by atoms with E-state index < -0.39 is 5.82 Å². The maximum atomic E-state index is 13.3. The van der Waals surface area contributed by atoms with E-state index in [4.69, 9.17) is 20.8 Å². The first-order valence-corrected chi connectivity index (χ1v) is 11.0. The largest absolute Gasteiger partial charge is 0.482 e. The monoisotopic (exact) mass is 566 g/mol. The Hall–Kier alpha value is -2.42. The minimum Gasteiger partial charge on any atom is -0.482 e. The van der Waals surface area contributed by atoms with Gasteiger partial charge in [-0.25, -0.2) is 9.37 Å². The summed E-state index contributed by atoms with van der Waals surface area (Å²) in [5.41, 5.74) is 2.95. The summed E-state index contributed by atoms with van der Waals surface area (Å²) in [6.07, 6.45) is 0. The highest BCUT2D eigenvalue weighted by molar-refractivity contribution is 9.11. The minimum absolute atomic E-state index is 0.158. The number of hydrogen-bond acceptors (Lipinski definition) is 4. The lowest BCUT2D eigenvalue weighted by molar-refractivity contribution is -0.118. The molecule has 0 fully saturated rings. The summed E-state index contributed by atoms with van der Waals surface area (Å²) >= 11 is 12.9. The third-order valence-corrected chi connectivity index (χ3v) is 5.73. The Kier molecular flexibility index (Phi) is 6.31. The number of oxazole rings is 1. The van der Waals surface area contributed by atoms with Crippen LogP contribution in [0.15, 0.2) is 61.9 Å². The Bertz CT molecular complexity index is 1290. The predicted molar refractivity (Wildman–Crippen MR) is 125 cm³/mol. The number of ether oxygens (including phenoxy) is 1. The van der Waals surface area contributed by atoms with Crippen LogP contribution < -0.4 is 10.1 Å². The van der Waals surface area contributed by atoms with Crippen LogP contribution in [-0.2, 0) is 4.79 Å². The molecule has 1 heterocycles. The minimum atomic E-state index is -0.442. The molecule has 1 amide bonds. The predicted octanol–water partition coefficient (Wildman–Crippen LogP) is 7.14. The molecule has 5 nitrogen and oxygen atoms in total. The van der Waals surface area contributed by atoms with E-state index >= 15 is 0 Å². The molecule has 4 rings (SSSR count). The molecular formula is C22H14Br2ClFN2O3. The number of rotatable bonds is 5. The van der Waals surface area contributed by atoms with Crippen LogP contribution in [-0.4, -0.2) is 17.5 Å². The molecular weight excluding hydrogens is 555 g/mol. The number of hydrogen-bond donors (Lipinski definition) is 1. The van der Waals surface area contributed by atoms with Crippen molar-refractivity contribution in [2.45, 2.75) is 6.92 Å². The van der Waals surface area contributed by atoms with Crippen LogP contribution in [0.4, 0.5) is 10.1 Å². The Morgan fingerprint density at radius 3 is 2.74 bits per heavy atom. The van der Waals surface area contributed by atoms with Gasteiger partial charge in [-0.1, -0.05) is 27.5 Å². The van der Waals surface area contributed by atoms with E-state index in [2.05, 4.69) is 42.2 Å². The van der Waals surface area contributed by atoms with Crippen molar-refractivity contribution in [1.29, 1.82) is 0 Å². The van der Waals surface area contributed by atoms with Crippen molar-refractivity contribution in [2.24, 2.45) is 0 Å². The molecule has 0 spiro atoms. The van der Waals surface area contributed by atoms with Crippen molar-refractivity contribution in [1.82, 2.24) is 4.98 Å². The van der Waals surface area contributed by atoms with Gasteiger partial charge in [-0.3, -0.25) is 4.79 Å². The van der Waals surface area contributed by atoms with E-state index in [0.29, 0.717) is 28.1 Å². The number of benzene rings is 3. The molecule has 158 valence electrons. The first-order chi connectivity index (χ1) is 14.8. The van der Waals surface area contributed by atoms with E-state index in [-0.39, 0.29) is 23.4 Å². The molecule has 0 aliphatic heterocycles. The van der Waals surface area contributed by atoms with E-state index in [1.54, 1.807) is 18.2 Å². The Balaban J connectivity index is 1.48. The Morgan fingerprint density at radius 2 is 2.00 bits per heavy atom. The summed E-state index contributed by atoms with van der Waals surface area (Å²) in [6, 6.07) is 12.8. The van der Waals surface area contributed by atoms with Crippen LogP contribution >= 0.6 is 43.5 Å². The number of aromatic nitrogens is 1. The molecule has 0 saturated heterocycles. The molecule has 0 radical (unpaired) electrons. The molecule has 31 heavy (non-hydrogen) atoms. The molecule has 1 N–H and O–H groups in total. The van der Waals surface area contributed by atoms with Crippen molar-refractivity contribution < 1.29 is 18.3 Å². The van der Waals surface area contributed by atoms with Gasteiger partial charge < -0.3 is 14.5 Å². The molecule has 0 atom stereocenters. The second-order valence-corrected chi connectivity index (χ2v) is 8.87. The fourth-order valence-electron chi connectivity index (χ4n) is 2.99. The van der Waals surface area contributed by atoms with Crippen molar-refractivity contribution in [3.8, 4) is 17.2 Å². The summed E-state index contributed by atoms with van der Waals surface area (Å²) in [5.74, 6) is 0.106. The van der Waals surface area contributed by atoms with Crippen LogP contribution in [0.1, 0.15) is 5.56 Å². The zero-order valence-corrected chi connectivity index (χ0v) is 19.9. The Morgan fingerprint density at radius 1 is 1.19 bits per heavy atom. The topological polar surface area (TPSA) is 64.4 Å². The van der Waals surface area contributed by atoms with Gasteiger partial charge in [0.25, 0.3) is 5.91 Å². The van der Waals surface area contributed by atoms with Gasteiger partial charge in [0.1, 0.15) is 17.1 Å². The van der Waals surface area contributed by atoms with Crippen molar-refractivity contribution in [3.63, 3.8) is 0 Å². The first kappa shape index (κ1) is 21.8. The van der Waals surface area contributed by atoms with Gasteiger partial charge in [-0.2, -0.15) is 0 Å². The average molecular weight is 569 g/mol. The number of halogens is 4. The second-order valence-electron chi connectivity index (χ2n) is 6.70. The number of carbonyl (C=O) groups is 1. The van der Waals surface area contributed by atoms with E-state index in [9.17, 15) is 9.18 Å². The number of fused-ring (bicyclic) bond motifs is 1. The van der Waals surface area contributed by atoms with Gasteiger partial charge in [-0.05, 0) is 76.9 Å². The van der Waals surface area contributed by atoms with Crippen molar-refractivity contribution in [2.75, 3.05) is 11.9 Å². The van der Waals surface area contributed by atoms with E-state index in [1.807, 2.05) is 19.1 Å². The highest BCUT2D eigenvalue weighted by Gasteiger charge is 2.14. The fraction of sp³-hybridized carbons (Fsp3) is 0.0909. The second kappa shape index (κ2) is 8.98. The lowest BCUT2D eigenvalue weighted by Crippen LogP contribution is -2.20. The summed E-state index contributed by atoms with van der Waals surface area (Å²) in [6.45, 7) is 1.74. The molecule has 0 bridgehead atoms. The highest BCUT2D eigenvalue weighted by Crippen LogP contribution is 2.33. The number of aryl methyl sites for hydroxylation is 1. The SMILES string of the molecule is Cc1cc(Br)cc(Br)c1OCC(=O)Nc1ccc2oc(-c3ccc(F)cc3Cl)nc2c1. The number of amides is 1. The Labute approximate surface area is 198 Å². The van der Waals surface area contributed by atoms with E-state index in [1.165, 1.54) is 18.2 Å². The summed E-state index contributed by atoms with van der Waals surface area (Å²) in [7, 11) is 0. The maximum Gasteiger partial charge on any atom is 0.262 e. The zero-order valence-electron chi connectivity index (χ0n) is 16.0. The van der Waals surface area contributed by atoms with Crippen molar-refractivity contribution in [3.05, 3.63) is 73.9 Å². The molecule has 0 unspecified atom stereocenters. The molecule has 3 aromatic carbocycles. The smallest absolute Gasteiger partial charge is 0.262 e. The summed E-state index contributed by atoms with van der Waals surface area (Å²) < 4.78 is 26.3. The van der Waals surface area contributed by atoms with Gasteiger partial charge in [-0.15, -0.1) is 0 Å². The fourth-order valence-corrected chi connectivity index (χ4v) is 4.79. The van der Waals surface area contributed by atoms with Gasteiger partial charge >= 0.3 is 0 Å². The third-order valence-electron chi connectivity index (χ3n) is 4.37. The maximum absolute atomic E-state index is 13.3. The van der Waals surface area contributed by atoms with Gasteiger partial charge in [0.05, 0.1) is 15.1 Å². The molecule has 4 aromatic rings. The van der Waals surface area contributed by atoms with Gasteiger partial charge in [0, 0.05) is 10.2 Å². The molecule has 0 saturated carbocycles. The summed E-state index contributed by atoms with van der Waals surface area (Å²) in [5, 5.41) is 2.98. The van der Waals surface area contributed by atoms with Gasteiger partial charge in [0.2, 0.25) is 5.89 Å². The molecule has 0 aliphatic rings. The highest BCUT2D eigenvalue weighted by atomic mass is 79.9. The number of nitrogens with zero attached hydrogens (tertiary/aromatic N) is 1. The zero-order chi connectivity index (χ0) is 22.1.